The standard InChI is InChI=1S/C12H10BrF3N2O/c1-18-6-8(5-17-18)11(19)7-2-3-10(13)9(4-7)12(14,15)16/h2-6,11,19H,1H3. The Morgan fingerprint density at radius 2 is 2.00 bits per heavy atom. The number of alkyl halides is 3. The summed E-state index contributed by atoms with van der Waals surface area (Å²) in [5.41, 5.74) is -0.200. The number of nitrogens with zero attached hydrogens (tertiary/aromatic N) is 2. The summed E-state index contributed by atoms with van der Waals surface area (Å²) >= 11 is 2.86. The minimum absolute atomic E-state index is 0.0536. The van der Waals surface area contributed by atoms with Crippen LogP contribution >= 0.6 is 15.9 Å². The predicted molar refractivity (Wildman–Crippen MR) is 66.4 cm³/mol. The molecule has 7 heteroatoms. The fourth-order valence-corrected chi connectivity index (χ4v) is 2.18. The first kappa shape index (κ1) is 14.1. The van der Waals surface area contributed by atoms with Crippen molar-refractivity contribution in [3.63, 3.8) is 0 Å². The van der Waals surface area contributed by atoms with E-state index in [-0.39, 0.29) is 10.0 Å². The highest BCUT2D eigenvalue weighted by atomic mass is 79.9. The molecule has 0 aliphatic carbocycles. The lowest BCUT2D eigenvalue weighted by Crippen LogP contribution is -2.08. The molecule has 0 bridgehead atoms. The molecule has 0 fully saturated rings. The van der Waals surface area contributed by atoms with Gasteiger partial charge in [-0.15, -0.1) is 0 Å². The molecule has 0 amide bonds. The number of aliphatic hydroxyl groups is 1. The second kappa shape index (κ2) is 4.97. The Balaban J connectivity index is 2.41. The number of aromatic nitrogens is 2. The number of halogens is 4. The normalized spacial score (nSPS) is 13.6. The third-order valence-electron chi connectivity index (χ3n) is 2.65. The summed E-state index contributed by atoms with van der Waals surface area (Å²) in [6.07, 6.45) is -2.63. The first-order valence-electron chi connectivity index (χ1n) is 5.32. The number of hydrogen-bond donors (Lipinski definition) is 1. The van der Waals surface area contributed by atoms with Gasteiger partial charge in [-0.05, 0) is 17.7 Å². The molecule has 0 aliphatic rings. The van der Waals surface area contributed by atoms with Crippen LogP contribution in [-0.2, 0) is 13.2 Å². The van der Waals surface area contributed by atoms with Crippen LogP contribution in [0.25, 0.3) is 0 Å². The van der Waals surface area contributed by atoms with Crippen molar-refractivity contribution in [3.8, 4) is 0 Å². The molecule has 1 heterocycles. The molecule has 0 aliphatic heterocycles. The van der Waals surface area contributed by atoms with Crippen LogP contribution < -0.4 is 0 Å². The SMILES string of the molecule is Cn1cc(C(O)c2ccc(Br)c(C(F)(F)F)c2)cn1. The van der Waals surface area contributed by atoms with Gasteiger partial charge >= 0.3 is 6.18 Å². The van der Waals surface area contributed by atoms with Crippen molar-refractivity contribution < 1.29 is 18.3 Å². The molecule has 0 radical (unpaired) electrons. The summed E-state index contributed by atoms with van der Waals surface area (Å²) in [7, 11) is 1.67. The van der Waals surface area contributed by atoms with Gasteiger partial charge in [0.05, 0.1) is 11.8 Å². The first-order chi connectivity index (χ1) is 8.79. The van der Waals surface area contributed by atoms with Gasteiger partial charge in [0.25, 0.3) is 0 Å². The van der Waals surface area contributed by atoms with Gasteiger partial charge in [0.15, 0.2) is 0 Å². The number of aryl methyl sites for hydroxylation is 1. The Morgan fingerprint density at radius 1 is 1.32 bits per heavy atom. The summed E-state index contributed by atoms with van der Waals surface area (Å²) < 4.78 is 39.7. The van der Waals surface area contributed by atoms with Crippen molar-refractivity contribution in [2.45, 2.75) is 12.3 Å². The van der Waals surface area contributed by atoms with Gasteiger partial charge in [-0.25, -0.2) is 0 Å². The molecule has 1 N–H and O–H groups in total. The second-order valence-corrected chi connectivity index (χ2v) is 4.94. The highest BCUT2D eigenvalue weighted by molar-refractivity contribution is 9.10. The Kier molecular flexibility index (Phi) is 3.69. The van der Waals surface area contributed by atoms with E-state index in [0.29, 0.717) is 5.56 Å². The summed E-state index contributed by atoms with van der Waals surface area (Å²) in [6, 6.07) is 3.65. The molecule has 1 aromatic heterocycles. The molecular weight excluding hydrogens is 325 g/mol. The summed E-state index contributed by atoms with van der Waals surface area (Å²) in [4.78, 5) is 0. The zero-order valence-corrected chi connectivity index (χ0v) is 11.4. The lowest BCUT2D eigenvalue weighted by Gasteiger charge is -2.14. The van der Waals surface area contributed by atoms with Gasteiger partial charge < -0.3 is 5.11 Å². The molecule has 3 nitrogen and oxygen atoms in total. The van der Waals surface area contributed by atoms with Crippen LogP contribution in [-0.4, -0.2) is 14.9 Å². The van der Waals surface area contributed by atoms with Gasteiger partial charge in [-0.1, -0.05) is 22.0 Å². The molecule has 1 unspecified atom stereocenters. The van der Waals surface area contributed by atoms with Crippen molar-refractivity contribution in [2.75, 3.05) is 0 Å². The monoisotopic (exact) mass is 334 g/mol. The quantitative estimate of drug-likeness (QED) is 0.915. The number of aliphatic hydroxyl groups excluding tert-OH is 1. The molecule has 19 heavy (non-hydrogen) atoms. The maximum absolute atomic E-state index is 12.8. The van der Waals surface area contributed by atoms with Crippen LogP contribution in [0.1, 0.15) is 22.8 Å². The fraction of sp³-hybridized carbons (Fsp3) is 0.250. The average Bonchev–Trinajstić information content (AvgIpc) is 2.74. The lowest BCUT2D eigenvalue weighted by atomic mass is 10.0. The summed E-state index contributed by atoms with van der Waals surface area (Å²) in [5, 5.41) is 13.9. The van der Waals surface area contributed by atoms with E-state index < -0.39 is 17.8 Å². The molecule has 102 valence electrons. The summed E-state index contributed by atoms with van der Waals surface area (Å²) in [6.45, 7) is 0. The molecule has 2 rings (SSSR count). The Bertz CT molecular complexity index is 595. The van der Waals surface area contributed by atoms with Crippen molar-refractivity contribution in [2.24, 2.45) is 7.05 Å². The van der Waals surface area contributed by atoms with Crippen LogP contribution in [0.15, 0.2) is 35.1 Å². The molecule has 0 saturated heterocycles. The highest BCUT2D eigenvalue weighted by Crippen LogP contribution is 2.37. The van der Waals surface area contributed by atoms with Crippen molar-refractivity contribution >= 4 is 15.9 Å². The van der Waals surface area contributed by atoms with Crippen molar-refractivity contribution in [1.29, 1.82) is 0 Å². The van der Waals surface area contributed by atoms with Gasteiger partial charge in [-0.2, -0.15) is 18.3 Å². The maximum Gasteiger partial charge on any atom is 0.417 e. The van der Waals surface area contributed by atoms with E-state index in [0.717, 1.165) is 6.07 Å². The minimum Gasteiger partial charge on any atom is -0.384 e. The molecular formula is C12H10BrF3N2O. The zero-order chi connectivity index (χ0) is 14.2. The van der Waals surface area contributed by atoms with E-state index in [1.807, 2.05) is 0 Å². The molecule has 0 spiro atoms. The molecule has 0 saturated carbocycles. The number of hydrogen-bond acceptors (Lipinski definition) is 2. The van der Waals surface area contributed by atoms with Crippen LogP contribution in [0, 0.1) is 0 Å². The van der Waals surface area contributed by atoms with E-state index >= 15 is 0 Å². The van der Waals surface area contributed by atoms with Crippen molar-refractivity contribution in [1.82, 2.24) is 9.78 Å². The van der Waals surface area contributed by atoms with Crippen LogP contribution in [0.3, 0.4) is 0 Å². The minimum atomic E-state index is -4.47. The maximum atomic E-state index is 12.8. The average molecular weight is 335 g/mol. The fourth-order valence-electron chi connectivity index (χ4n) is 1.70. The number of rotatable bonds is 2. The lowest BCUT2D eigenvalue weighted by molar-refractivity contribution is -0.138. The predicted octanol–water partition coefficient (Wildman–Crippen LogP) is 3.28. The van der Waals surface area contributed by atoms with Crippen LogP contribution in [0.2, 0.25) is 0 Å². The topological polar surface area (TPSA) is 38.0 Å². The molecule has 1 aromatic carbocycles. The largest absolute Gasteiger partial charge is 0.417 e. The van der Waals surface area contributed by atoms with E-state index in [4.69, 9.17) is 0 Å². The van der Waals surface area contributed by atoms with Gasteiger partial charge in [0, 0.05) is 23.3 Å². The number of benzene rings is 1. The Labute approximate surface area is 115 Å². The molecule has 1 atom stereocenters. The van der Waals surface area contributed by atoms with Crippen LogP contribution in [0.4, 0.5) is 13.2 Å². The van der Waals surface area contributed by atoms with Crippen LogP contribution in [0.5, 0.6) is 0 Å². The summed E-state index contributed by atoms with van der Waals surface area (Å²) in [5.74, 6) is 0. The van der Waals surface area contributed by atoms with E-state index in [9.17, 15) is 18.3 Å². The third-order valence-corrected chi connectivity index (χ3v) is 3.34. The zero-order valence-electron chi connectivity index (χ0n) is 9.82. The van der Waals surface area contributed by atoms with Crippen molar-refractivity contribution in [3.05, 3.63) is 51.8 Å². The smallest absolute Gasteiger partial charge is 0.384 e. The second-order valence-electron chi connectivity index (χ2n) is 4.09. The third kappa shape index (κ3) is 2.98. The van der Waals surface area contributed by atoms with Gasteiger partial charge in [0.2, 0.25) is 0 Å². The first-order valence-corrected chi connectivity index (χ1v) is 6.11. The Morgan fingerprint density at radius 3 is 2.53 bits per heavy atom. The highest BCUT2D eigenvalue weighted by Gasteiger charge is 2.33. The van der Waals surface area contributed by atoms with E-state index in [1.165, 1.54) is 23.0 Å². The van der Waals surface area contributed by atoms with Gasteiger partial charge in [-0.3, -0.25) is 4.68 Å². The van der Waals surface area contributed by atoms with E-state index in [2.05, 4.69) is 21.0 Å². The van der Waals surface area contributed by atoms with E-state index in [1.54, 1.807) is 13.2 Å². The Hall–Kier alpha value is -1.34. The molecule has 2 aromatic rings. The van der Waals surface area contributed by atoms with Gasteiger partial charge in [0.1, 0.15) is 6.10 Å².